The summed E-state index contributed by atoms with van der Waals surface area (Å²) in [5, 5.41) is 31.6. The number of hydrogen-bond acceptors (Lipinski definition) is 3. The van der Waals surface area contributed by atoms with Crippen molar-refractivity contribution >= 4 is 5.97 Å². The summed E-state index contributed by atoms with van der Waals surface area (Å²) in [6, 6.07) is 0. The molecule has 0 aromatic heterocycles. The zero-order valence-corrected chi connectivity index (χ0v) is 22.3. The fourth-order valence-electron chi connectivity index (χ4n) is 8.79. The number of fused-ring (bicyclic) bond motifs is 5. The summed E-state index contributed by atoms with van der Waals surface area (Å²) in [7, 11) is 0. The van der Waals surface area contributed by atoms with E-state index in [1.54, 1.807) is 6.92 Å². The first kappa shape index (κ1) is 25.7. The number of carbonyl (C=O) groups is 1. The van der Waals surface area contributed by atoms with Gasteiger partial charge >= 0.3 is 5.97 Å². The van der Waals surface area contributed by atoms with Crippen LogP contribution in [0, 0.1) is 39.4 Å². The minimum absolute atomic E-state index is 0.0282. The molecule has 34 heavy (non-hydrogen) atoms. The van der Waals surface area contributed by atoms with Crippen molar-refractivity contribution in [3.63, 3.8) is 0 Å². The van der Waals surface area contributed by atoms with E-state index in [2.05, 4.69) is 53.7 Å². The third kappa shape index (κ3) is 3.42. The molecule has 0 aliphatic heterocycles. The van der Waals surface area contributed by atoms with Crippen LogP contribution in [-0.2, 0) is 4.79 Å². The number of aliphatic hydroxyl groups is 2. The van der Waals surface area contributed by atoms with Crippen molar-refractivity contribution in [3.8, 4) is 0 Å². The van der Waals surface area contributed by atoms with Crippen LogP contribution in [0.1, 0.15) is 93.4 Å². The first-order valence-electron chi connectivity index (χ1n) is 13.4. The second-order valence-corrected chi connectivity index (χ2v) is 13.2. The molecule has 0 spiro atoms. The SMILES string of the molecule is C/C(=C\CC[C@H](C)[C@H]1C[C@H](O)[C@@]2(C)C3=CC[C@H]4C(C)(C)[C@@H](O)CC[C@]4(C)C3=CC[C@]12C)C(=O)O. The van der Waals surface area contributed by atoms with E-state index in [1.165, 1.54) is 11.1 Å². The second-order valence-electron chi connectivity index (χ2n) is 13.2. The maximum Gasteiger partial charge on any atom is 0.330 e. The molecule has 4 aliphatic rings. The monoisotopic (exact) mass is 470 g/mol. The van der Waals surface area contributed by atoms with Crippen LogP contribution in [0.5, 0.6) is 0 Å². The first-order chi connectivity index (χ1) is 15.7. The molecule has 2 saturated carbocycles. The van der Waals surface area contributed by atoms with E-state index >= 15 is 0 Å². The van der Waals surface area contributed by atoms with E-state index in [0.717, 1.165) is 44.9 Å². The minimum atomic E-state index is -0.845. The third-order valence-electron chi connectivity index (χ3n) is 11.5. The molecule has 0 radical (unpaired) electrons. The molecule has 190 valence electrons. The number of allylic oxidation sites excluding steroid dienone is 4. The van der Waals surface area contributed by atoms with Crippen LogP contribution in [0.25, 0.3) is 0 Å². The van der Waals surface area contributed by atoms with E-state index in [4.69, 9.17) is 5.11 Å². The van der Waals surface area contributed by atoms with Crippen molar-refractivity contribution in [2.45, 2.75) is 106 Å². The summed E-state index contributed by atoms with van der Waals surface area (Å²) in [6.45, 7) is 15.5. The lowest BCUT2D eigenvalue weighted by Gasteiger charge is -2.61. The molecule has 2 fully saturated rings. The van der Waals surface area contributed by atoms with Crippen LogP contribution in [0.15, 0.2) is 34.9 Å². The molecule has 0 bridgehead atoms. The Bertz CT molecular complexity index is 941. The summed E-state index contributed by atoms with van der Waals surface area (Å²) >= 11 is 0. The molecule has 0 aromatic carbocycles. The summed E-state index contributed by atoms with van der Waals surface area (Å²) in [5.74, 6) is 0.359. The van der Waals surface area contributed by atoms with Crippen LogP contribution < -0.4 is 0 Å². The summed E-state index contributed by atoms with van der Waals surface area (Å²) in [5.41, 5.74) is 2.84. The van der Waals surface area contributed by atoms with Crippen molar-refractivity contribution in [1.82, 2.24) is 0 Å². The predicted octanol–water partition coefficient (Wildman–Crippen LogP) is 6.29. The van der Waals surface area contributed by atoms with Gasteiger partial charge in [0.1, 0.15) is 0 Å². The zero-order valence-electron chi connectivity index (χ0n) is 22.3. The van der Waals surface area contributed by atoms with E-state index in [0.29, 0.717) is 23.3 Å². The maximum atomic E-state index is 11.6. The molecular formula is C30H46O4. The first-order valence-corrected chi connectivity index (χ1v) is 13.4. The van der Waals surface area contributed by atoms with Crippen molar-refractivity contribution in [2.24, 2.45) is 39.4 Å². The Balaban J connectivity index is 1.66. The smallest absolute Gasteiger partial charge is 0.330 e. The van der Waals surface area contributed by atoms with Crippen LogP contribution in [0.3, 0.4) is 0 Å². The summed E-state index contributed by atoms with van der Waals surface area (Å²) in [4.78, 5) is 11.1. The van der Waals surface area contributed by atoms with Gasteiger partial charge in [-0.3, -0.25) is 0 Å². The van der Waals surface area contributed by atoms with Gasteiger partial charge in [-0.2, -0.15) is 0 Å². The lowest BCUT2D eigenvalue weighted by Crippen LogP contribution is -2.55. The van der Waals surface area contributed by atoms with Crippen molar-refractivity contribution in [3.05, 3.63) is 34.9 Å². The Morgan fingerprint density at radius 2 is 1.79 bits per heavy atom. The topological polar surface area (TPSA) is 77.8 Å². The molecule has 4 nitrogen and oxygen atoms in total. The molecule has 0 heterocycles. The average Bonchev–Trinajstić information content (AvgIpc) is 2.98. The van der Waals surface area contributed by atoms with Crippen molar-refractivity contribution < 1.29 is 20.1 Å². The van der Waals surface area contributed by atoms with E-state index in [9.17, 15) is 15.0 Å². The lowest BCUT2D eigenvalue weighted by atomic mass is 9.44. The van der Waals surface area contributed by atoms with Gasteiger partial charge < -0.3 is 15.3 Å². The molecule has 0 amide bonds. The van der Waals surface area contributed by atoms with Crippen LogP contribution >= 0.6 is 0 Å². The van der Waals surface area contributed by atoms with Crippen molar-refractivity contribution in [1.29, 1.82) is 0 Å². The Kier molecular flexibility index (Phi) is 6.30. The molecule has 0 unspecified atom stereocenters. The quantitative estimate of drug-likeness (QED) is 0.413. The molecule has 3 N–H and O–H groups in total. The highest BCUT2D eigenvalue weighted by Crippen LogP contribution is 2.71. The molecule has 4 heteroatoms. The lowest BCUT2D eigenvalue weighted by molar-refractivity contribution is -0.132. The maximum absolute atomic E-state index is 11.6. The van der Waals surface area contributed by atoms with Gasteiger partial charge in [-0.15, -0.1) is 0 Å². The van der Waals surface area contributed by atoms with E-state index in [-0.39, 0.29) is 33.9 Å². The van der Waals surface area contributed by atoms with Gasteiger partial charge in [-0.25, -0.2) is 4.79 Å². The van der Waals surface area contributed by atoms with Gasteiger partial charge in [0.15, 0.2) is 0 Å². The number of hydrogen-bond donors (Lipinski definition) is 3. The highest BCUT2D eigenvalue weighted by atomic mass is 16.4. The molecule has 4 aliphatic carbocycles. The molecule has 0 aromatic rings. The largest absolute Gasteiger partial charge is 0.478 e. The van der Waals surface area contributed by atoms with Crippen LogP contribution in [0.2, 0.25) is 0 Å². The normalized spacial score (nSPS) is 44.3. The number of aliphatic hydroxyl groups excluding tert-OH is 2. The van der Waals surface area contributed by atoms with E-state index in [1.807, 2.05) is 6.08 Å². The van der Waals surface area contributed by atoms with Gasteiger partial charge in [0.05, 0.1) is 12.2 Å². The molecule has 4 rings (SSSR count). The fraction of sp³-hybridized carbons (Fsp3) is 0.767. The Labute approximate surface area is 206 Å². The van der Waals surface area contributed by atoms with Gasteiger partial charge in [-0.1, -0.05) is 59.8 Å². The van der Waals surface area contributed by atoms with Gasteiger partial charge in [0.25, 0.3) is 0 Å². The summed E-state index contributed by atoms with van der Waals surface area (Å²) in [6.07, 6.45) is 12.4. The van der Waals surface area contributed by atoms with Gasteiger partial charge in [0.2, 0.25) is 0 Å². The van der Waals surface area contributed by atoms with Crippen LogP contribution in [0.4, 0.5) is 0 Å². The van der Waals surface area contributed by atoms with E-state index < -0.39 is 5.97 Å². The average molecular weight is 471 g/mol. The predicted molar refractivity (Wildman–Crippen MR) is 136 cm³/mol. The Hall–Kier alpha value is -1.39. The second kappa shape index (κ2) is 8.34. The Morgan fingerprint density at radius 3 is 2.44 bits per heavy atom. The van der Waals surface area contributed by atoms with Gasteiger partial charge in [-0.05, 0) is 97.0 Å². The zero-order chi connectivity index (χ0) is 25.3. The number of carboxylic acids is 1. The highest BCUT2D eigenvalue weighted by Gasteiger charge is 2.66. The standard InChI is InChI=1S/C30H46O4/c1-18(9-8-10-19(2)26(33)34)22-17-25(32)30(7)21-11-12-23-27(3,4)24(31)14-15-28(23,5)20(21)13-16-29(22,30)6/h10-11,13,18,22-25,31-32H,8-9,12,14-17H2,1-7H3,(H,33,34)/b19-10+/t18-,22+,23-,24-,25-,28+,29+,30+/m0/s1. The van der Waals surface area contributed by atoms with Crippen LogP contribution in [-0.4, -0.2) is 33.5 Å². The number of aliphatic carboxylic acids is 1. The third-order valence-corrected chi connectivity index (χ3v) is 11.5. The van der Waals surface area contributed by atoms with Gasteiger partial charge in [0, 0.05) is 11.0 Å². The fourth-order valence-corrected chi connectivity index (χ4v) is 8.79. The molecular weight excluding hydrogens is 424 g/mol. The number of carboxylic acid groups (broad SMARTS) is 1. The molecule has 8 atom stereocenters. The van der Waals surface area contributed by atoms with Crippen molar-refractivity contribution in [2.75, 3.05) is 0 Å². The number of rotatable bonds is 5. The summed E-state index contributed by atoms with van der Waals surface area (Å²) < 4.78 is 0. The minimum Gasteiger partial charge on any atom is -0.478 e. The molecule has 0 saturated heterocycles. The highest BCUT2D eigenvalue weighted by molar-refractivity contribution is 5.85. The Morgan fingerprint density at radius 1 is 1.12 bits per heavy atom.